The van der Waals surface area contributed by atoms with Crippen LogP contribution in [0.3, 0.4) is 0 Å². The number of benzene rings is 2. The highest BCUT2D eigenvalue weighted by molar-refractivity contribution is 7.90. The summed E-state index contributed by atoms with van der Waals surface area (Å²) in [4.78, 5) is 29.6. The molecule has 10 heteroatoms. The van der Waals surface area contributed by atoms with Gasteiger partial charge in [0.05, 0.1) is 27.6 Å². The van der Waals surface area contributed by atoms with Crippen molar-refractivity contribution in [2.45, 2.75) is 11.8 Å². The highest BCUT2D eigenvalue weighted by Crippen LogP contribution is 2.28. The lowest BCUT2D eigenvalue weighted by Crippen LogP contribution is -2.55. The van der Waals surface area contributed by atoms with E-state index in [0.717, 1.165) is 10.8 Å². The third kappa shape index (κ3) is 3.86. The molecule has 2 N–H and O–H groups in total. The summed E-state index contributed by atoms with van der Waals surface area (Å²) >= 11 is 0. The standard InChI is InChI=1S/C22H18N4O5S/c1-13-19(22(28)29)9-16(10-23)20(24-13)26-11-17(12-26)21(27)25-32(30,31)18-7-6-14-4-2-3-5-15(14)8-18/h2-9,17H,11-12H2,1H3,(H,25,27)(H,28,29). The lowest BCUT2D eigenvalue weighted by Gasteiger charge is -2.39. The Bertz CT molecular complexity index is 1410. The highest BCUT2D eigenvalue weighted by atomic mass is 32.2. The summed E-state index contributed by atoms with van der Waals surface area (Å²) in [5.41, 5.74) is 0.260. The van der Waals surface area contributed by atoms with Gasteiger partial charge in [-0.1, -0.05) is 30.3 Å². The largest absolute Gasteiger partial charge is 0.478 e. The number of carbonyl (C=O) groups is 2. The maximum atomic E-state index is 12.7. The van der Waals surface area contributed by atoms with Gasteiger partial charge < -0.3 is 10.0 Å². The molecule has 9 nitrogen and oxygen atoms in total. The zero-order chi connectivity index (χ0) is 23.0. The maximum Gasteiger partial charge on any atom is 0.337 e. The minimum atomic E-state index is -4.04. The second-order valence-electron chi connectivity index (χ2n) is 7.49. The van der Waals surface area contributed by atoms with Crippen molar-refractivity contribution in [3.05, 3.63) is 65.4 Å². The van der Waals surface area contributed by atoms with Crippen LogP contribution in [-0.2, 0) is 14.8 Å². The summed E-state index contributed by atoms with van der Waals surface area (Å²) in [6.45, 7) is 1.84. The van der Waals surface area contributed by atoms with E-state index in [-0.39, 0.29) is 40.6 Å². The first-order valence-electron chi connectivity index (χ1n) is 9.65. The molecule has 0 atom stereocenters. The van der Waals surface area contributed by atoms with Crippen LogP contribution < -0.4 is 9.62 Å². The fourth-order valence-corrected chi connectivity index (χ4v) is 4.64. The number of nitrogens with zero attached hydrogens (tertiary/aromatic N) is 3. The molecule has 0 unspecified atom stereocenters. The van der Waals surface area contributed by atoms with Gasteiger partial charge in [-0.15, -0.1) is 0 Å². The third-order valence-electron chi connectivity index (χ3n) is 5.36. The molecule has 0 radical (unpaired) electrons. The summed E-state index contributed by atoms with van der Waals surface area (Å²) in [6.07, 6.45) is 0. The molecular formula is C22H18N4O5S. The number of carboxylic acid groups (broad SMARTS) is 1. The Balaban J connectivity index is 1.47. The van der Waals surface area contributed by atoms with Crippen molar-refractivity contribution in [1.82, 2.24) is 9.71 Å². The number of hydrogen-bond acceptors (Lipinski definition) is 7. The molecule has 1 amide bonds. The van der Waals surface area contributed by atoms with Gasteiger partial charge in [0, 0.05) is 13.1 Å². The van der Waals surface area contributed by atoms with Crippen molar-refractivity contribution >= 4 is 38.5 Å². The minimum Gasteiger partial charge on any atom is -0.478 e. The van der Waals surface area contributed by atoms with Crippen LogP contribution in [0.4, 0.5) is 5.82 Å². The number of aryl methyl sites for hydroxylation is 1. The number of aromatic nitrogens is 1. The first kappa shape index (κ1) is 21.3. The van der Waals surface area contributed by atoms with Gasteiger partial charge in [-0.05, 0) is 35.9 Å². The minimum absolute atomic E-state index is 0.00551. The molecule has 32 heavy (non-hydrogen) atoms. The number of hydrogen-bond donors (Lipinski definition) is 2. The van der Waals surface area contributed by atoms with E-state index in [4.69, 9.17) is 0 Å². The Morgan fingerprint density at radius 2 is 1.84 bits per heavy atom. The molecule has 1 aliphatic heterocycles. The first-order valence-corrected chi connectivity index (χ1v) is 11.1. The van der Waals surface area contributed by atoms with Gasteiger partial charge >= 0.3 is 5.97 Å². The molecule has 4 rings (SSSR count). The topological polar surface area (TPSA) is 140 Å². The highest BCUT2D eigenvalue weighted by Gasteiger charge is 2.37. The van der Waals surface area contributed by atoms with Crippen LogP contribution in [0.15, 0.2) is 53.4 Å². The number of amides is 1. The number of fused-ring (bicyclic) bond motifs is 1. The van der Waals surface area contributed by atoms with Crippen LogP contribution in [0.2, 0.25) is 0 Å². The number of anilines is 1. The molecule has 0 saturated carbocycles. The quantitative estimate of drug-likeness (QED) is 0.602. The Kier molecular flexibility index (Phi) is 5.28. The maximum absolute atomic E-state index is 12.7. The molecule has 0 bridgehead atoms. The molecule has 162 valence electrons. The van der Waals surface area contributed by atoms with E-state index in [1.807, 2.05) is 18.2 Å². The van der Waals surface area contributed by atoms with Gasteiger partial charge in [0.2, 0.25) is 5.91 Å². The summed E-state index contributed by atoms with van der Waals surface area (Å²) < 4.78 is 27.5. The van der Waals surface area contributed by atoms with E-state index in [1.54, 1.807) is 23.1 Å². The van der Waals surface area contributed by atoms with E-state index in [9.17, 15) is 28.4 Å². The summed E-state index contributed by atoms with van der Waals surface area (Å²) in [7, 11) is -4.04. The smallest absolute Gasteiger partial charge is 0.337 e. The molecule has 1 aliphatic rings. The first-order chi connectivity index (χ1) is 15.2. The number of nitrogens with one attached hydrogen (secondary N) is 1. The molecular weight excluding hydrogens is 432 g/mol. The number of sulfonamides is 1. The van der Waals surface area contributed by atoms with Crippen LogP contribution in [0.5, 0.6) is 0 Å². The average molecular weight is 450 g/mol. The van der Waals surface area contributed by atoms with Crippen LogP contribution in [0.25, 0.3) is 10.8 Å². The van der Waals surface area contributed by atoms with Gasteiger partial charge in [-0.2, -0.15) is 5.26 Å². The van der Waals surface area contributed by atoms with Crippen molar-refractivity contribution in [2.24, 2.45) is 5.92 Å². The number of rotatable bonds is 5. The monoisotopic (exact) mass is 450 g/mol. The molecule has 0 spiro atoms. The lowest BCUT2D eigenvalue weighted by atomic mass is 9.98. The number of nitriles is 1. The van der Waals surface area contributed by atoms with Crippen molar-refractivity contribution < 1.29 is 23.1 Å². The Morgan fingerprint density at radius 1 is 1.16 bits per heavy atom. The average Bonchev–Trinajstić information content (AvgIpc) is 2.72. The molecule has 2 aromatic carbocycles. The molecule has 0 aliphatic carbocycles. The van der Waals surface area contributed by atoms with E-state index >= 15 is 0 Å². The Hall–Kier alpha value is -3.97. The second kappa shape index (κ2) is 7.94. The van der Waals surface area contributed by atoms with E-state index in [1.165, 1.54) is 25.1 Å². The zero-order valence-corrected chi connectivity index (χ0v) is 17.8. The number of pyridine rings is 1. The molecule has 1 saturated heterocycles. The normalized spacial score (nSPS) is 13.9. The molecule has 1 fully saturated rings. The fourth-order valence-electron chi connectivity index (χ4n) is 3.56. The van der Waals surface area contributed by atoms with Gasteiger partial charge in [-0.3, -0.25) is 4.79 Å². The second-order valence-corrected chi connectivity index (χ2v) is 9.17. The SMILES string of the molecule is Cc1nc(N2CC(C(=O)NS(=O)(=O)c3ccc4ccccc4c3)C2)c(C#N)cc1C(=O)O. The third-order valence-corrected chi connectivity index (χ3v) is 6.71. The molecule has 3 aromatic rings. The van der Waals surface area contributed by atoms with Crippen molar-refractivity contribution in [3.63, 3.8) is 0 Å². The van der Waals surface area contributed by atoms with Crippen molar-refractivity contribution in [2.75, 3.05) is 18.0 Å². The van der Waals surface area contributed by atoms with Gasteiger partial charge in [-0.25, -0.2) is 22.9 Å². The number of aromatic carboxylic acids is 1. The predicted molar refractivity (Wildman–Crippen MR) is 116 cm³/mol. The van der Waals surface area contributed by atoms with E-state index in [0.29, 0.717) is 0 Å². The van der Waals surface area contributed by atoms with Crippen LogP contribution in [0.1, 0.15) is 21.6 Å². The van der Waals surface area contributed by atoms with Gasteiger partial charge in [0.15, 0.2) is 0 Å². The summed E-state index contributed by atoms with van der Waals surface area (Å²) in [6, 6.07) is 15.1. The van der Waals surface area contributed by atoms with Crippen molar-refractivity contribution in [3.8, 4) is 6.07 Å². The van der Waals surface area contributed by atoms with E-state index in [2.05, 4.69) is 9.71 Å². The zero-order valence-electron chi connectivity index (χ0n) is 16.9. The fraction of sp³-hybridized carbons (Fsp3) is 0.182. The summed E-state index contributed by atoms with van der Waals surface area (Å²) in [5.74, 6) is -2.17. The molecule has 2 heterocycles. The number of carbonyl (C=O) groups excluding carboxylic acids is 1. The van der Waals surface area contributed by atoms with E-state index < -0.39 is 27.8 Å². The molecule has 1 aromatic heterocycles. The predicted octanol–water partition coefficient (Wildman–Crippen LogP) is 2.05. The lowest BCUT2D eigenvalue weighted by molar-refractivity contribution is -0.123. The van der Waals surface area contributed by atoms with Crippen LogP contribution in [-0.4, -0.2) is 43.5 Å². The Morgan fingerprint density at radius 3 is 2.50 bits per heavy atom. The van der Waals surface area contributed by atoms with Crippen LogP contribution >= 0.6 is 0 Å². The summed E-state index contributed by atoms with van der Waals surface area (Å²) in [5, 5.41) is 20.2. The van der Waals surface area contributed by atoms with Gasteiger partial charge in [0.25, 0.3) is 10.0 Å². The Labute approximate surface area is 184 Å². The van der Waals surface area contributed by atoms with Gasteiger partial charge in [0.1, 0.15) is 11.9 Å². The number of carboxylic acids is 1. The van der Waals surface area contributed by atoms with Crippen LogP contribution in [0, 0.1) is 24.2 Å². The van der Waals surface area contributed by atoms with Crippen molar-refractivity contribution in [1.29, 1.82) is 5.26 Å².